The van der Waals surface area contributed by atoms with Crippen molar-refractivity contribution in [3.8, 4) is 5.88 Å². The van der Waals surface area contributed by atoms with Crippen LogP contribution in [0, 0.1) is 13.8 Å². The van der Waals surface area contributed by atoms with Crippen LogP contribution in [-0.2, 0) is 28.5 Å². The molecular formula is C32H35F3N6O5S. The highest BCUT2D eigenvalue weighted by Crippen LogP contribution is 2.46. The molecule has 1 aliphatic carbocycles. The van der Waals surface area contributed by atoms with Gasteiger partial charge in [-0.25, -0.2) is 8.51 Å². The number of aryl methyl sites for hydroxylation is 2. The Hall–Kier alpha value is -4.08. The number of pyridine rings is 2. The van der Waals surface area contributed by atoms with Crippen molar-refractivity contribution >= 4 is 28.4 Å². The van der Waals surface area contributed by atoms with Crippen molar-refractivity contribution < 1.29 is 37.1 Å². The number of aromatic nitrogens is 4. The fraction of sp³-hybridized carbons (Fsp3) is 0.438. The van der Waals surface area contributed by atoms with Gasteiger partial charge >= 0.3 is 12.1 Å². The van der Waals surface area contributed by atoms with E-state index in [1.165, 1.54) is 12.3 Å². The Morgan fingerprint density at radius 1 is 1.17 bits per heavy atom. The van der Waals surface area contributed by atoms with Crippen LogP contribution < -0.4 is 9.64 Å². The molecule has 47 heavy (non-hydrogen) atoms. The van der Waals surface area contributed by atoms with E-state index in [-0.39, 0.29) is 25.2 Å². The Kier molecular flexibility index (Phi) is 8.74. The van der Waals surface area contributed by atoms with E-state index in [1.54, 1.807) is 19.1 Å². The van der Waals surface area contributed by atoms with Gasteiger partial charge in [-0.3, -0.25) is 9.20 Å². The third-order valence-electron chi connectivity index (χ3n) is 8.86. The Labute approximate surface area is 271 Å². The predicted molar refractivity (Wildman–Crippen MR) is 167 cm³/mol. The second kappa shape index (κ2) is 12.5. The normalized spacial score (nSPS) is 18.1. The lowest BCUT2D eigenvalue weighted by Gasteiger charge is -2.24. The number of halogens is 3. The van der Waals surface area contributed by atoms with Crippen LogP contribution in [0.1, 0.15) is 65.2 Å². The quantitative estimate of drug-likeness (QED) is 0.247. The van der Waals surface area contributed by atoms with E-state index in [4.69, 9.17) is 4.74 Å². The molecule has 3 aromatic heterocycles. The number of carboxylic acids is 1. The van der Waals surface area contributed by atoms with E-state index in [9.17, 15) is 32.4 Å². The topological polar surface area (TPSA) is 133 Å². The molecule has 4 aromatic rings. The Morgan fingerprint density at radius 2 is 1.94 bits per heavy atom. The van der Waals surface area contributed by atoms with Gasteiger partial charge < -0.3 is 19.8 Å². The first-order chi connectivity index (χ1) is 22.3. The van der Waals surface area contributed by atoms with Crippen molar-refractivity contribution in [3.63, 3.8) is 0 Å². The number of carboxylic acid groups (broad SMARTS) is 1. The van der Waals surface area contributed by atoms with Crippen LogP contribution >= 0.6 is 0 Å². The minimum absolute atomic E-state index is 0.00210. The van der Waals surface area contributed by atoms with Crippen molar-refractivity contribution in [3.05, 3.63) is 76.2 Å². The minimum atomic E-state index is -4.70. The fourth-order valence-corrected chi connectivity index (χ4v) is 7.36. The van der Waals surface area contributed by atoms with Crippen LogP contribution in [0.25, 0.3) is 5.65 Å². The number of aliphatic hydroxyl groups excluding tert-OH is 1. The molecule has 2 atom stereocenters. The number of alkyl halides is 3. The lowest BCUT2D eigenvalue weighted by Crippen LogP contribution is -2.35. The number of benzene rings is 1. The molecule has 1 aliphatic heterocycles. The SMILES string of the molecule is Cc1ccc(C(CC(=O)O)c2ccn3c(C(F)(F)F)nnc3c2C)cc1CN1CC2(CC2)Oc2nc(N(C)CCCO)ccc2S1=O. The smallest absolute Gasteiger partial charge is 0.452 e. The second-order valence-corrected chi connectivity index (χ2v) is 13.7. The molecule has 4 heterocycles. The molecule has 0 amide bonds. The maximum atomic E-state index is 14.0. The molecule has 1 fully saturated rings. The van der Waals surface area contributed by atoms with Gasteiger partial charge in [0, 0.05) is 38.9 Å². The molecule has 2 N–H and O–H groups in total. The second-order valence-electron chi connectivity index (χ2n) is 12.3. The van der Waals surface area contributed by atoms with E-state index >= 15 is 0 Å². The number of hydrogen-bond acceptors (Lipinski definition) is 8. The number of carbonyl (C=O) groups is 1. The van der Waals surface area contributed by atoms with Gasteiger partial charge in [-0.1, -0.05) is 18.2 Å². The Morgan fingerprint density at radius 3 is 2.62 bits per heavy atom. The van der Waals surface area contributed by atoms with Gasteiger partial charge in [0.2, 0.25) is 11.7 Å². The van der Waals surface area contributed by atoms with E-state index < -0.39 is 40.5 Å². The Bertz CT molecular complexity index is 1860. The van der Waals surface area contributed by atoms with E-state index in [0.717, 1.165) is 28.4 Å². The maximum Gasteiger partial charge on any atom is 0.452 e. The highest BCUT2D eigenvalue weighted by Gasteiger charge is 2.51. The number of fused-ring (bicyclic) bond motifs is 2. The average molecular weight is 673 g/mol. The van der Waals surface area contributed by atoms with Crippen LogP contribution in [0.2, 0.25) is 0 Å². The molecule has 250 valence electrons. The molecule has 0 saturated heterocycles. The lowest BCUT2D eigenvalue weighted by atomic mass is 9.85. The van der Waals surface area contributed by atoms with Crippen molar-refractivity contribution in [2.24, 2.45) is 0 Å². The molecule has 1 aromatic carbocycles. The lowest BCUT2D eigenvalue weighted by molar-refractivity contribution is -0.145. The number of rotatable bonds is 10. The van der Waals surface area contributed by atoms with Crippen molar-refractivity contribution in [1.82, 2.24) is 23.9 Å². The van der Waals surface area contributed by atoms with Crippen LogP contribution in [0.5, 0.6) is 5.88 Å². The highest BCUT2D eigenvalue weighted by molar-refractivity contribution is 7.82. The van der Waals surface area contributed by atoms with Gasteiger partial charge in [0.05, 0.1) is 13.0 Å². The summed E-state index contributed by atoms with van der Waals surface area (Å²) in [5.74, 6) is -1.93. The molecule has 0 radical (unpaired) electrons. The van der Waals surface area contributed by atoms with Crippen molar-refractivity contribution in [2.45, 2.75) is 68.7 Å². The molecule has 0 bridgehead atoms. The largest absolute Gasteiger partial charge is 0.481 e. The first-order valence-corrected chi connectivity index (χ1v) is 16.3. The zero-order valence-electron chi connectivity index (χ0n) is 26.1. The predicted octanol–water partition coefficient (Wildman–Crippen LogP) is 4.63. The summed E-state index contributed by atoms with van der Waals surface area (Å²) in [6, 6.07) is 10.6. The van der Waals surface area contributed by atoms with Gasteiger partial charge in [0.25, 0.3) is 0 Å². The van der Waals surface area contributed by atoms with Crippen molar-refractivity contribution in [1.29, 1.82) is 0 Å². The zero-order valence-corrected chi connectivity index (χ0v) is 26.9. The molecule has 11 nitrogen and oxygen atoms in total. The van der Waals surface area contributed by atoms with Gasteiger partial charge in [-0.2, -0.15) is 18.2 Å². The molecule has 15 heteroatoms. The van der Waals surface area contributed by atoms with E-state index in [0.29, 0.717) is 52.8 Å². The molecular weight excluding hydrogens is 637 g/mol. The third kappa shape index (κ3) is 6.56. The summed E-state index contributed by atoms with van der Waals surface area (Å²) < 4.78 is 63.6. The van der Waals surface area contributed by atoms with Crippen LogP contribution in [0.15, 0.2) is 47.5 Å². The average Bonchev–Trinajstić information content (AvgIpc) is 3.64. The number of aliphatic carboxylic acids is 1. The summed E-state index contributed by atoms with van der Waals surface area (Å²) in [6.45, 7) is 4.88. The fourth-order valence-electron chi connectivity index (χ4n) is 6.05. The van der Waals surface area contributed by atoms with Gasteiger partial charge in [0.15, 0.2) is 5.65 Å². The monoisotopic (exact) mass is 672 g/mol. The van der Waals surface area contributed by atoms with Crippen LogP contribution in [0.4, 0.5) is 19.0 Å². The molecule has 1 spiro atoms. The maximum absolute atomic E-state index is 14.0. The van der Waals surface area contributed by atoms with Crippen LogP contribution in [-0.4, -0.2) is 76.6 Å². The number of hydrogen-bond donors (Lipinski definition) is 2. The zero-order chi connectivity index (χ0) is 33.7. The van der Waals surface area contributed by atoms with Gasteiger partial charge in [0.1, 0.15) is 27.3 Å². The van der Waals surface area contributed by atoms with Gasteiger partial charge in [-0.05, 0) is 79.1 Å². The minimum Gasteiger partial charge on any atom is -0.481 e. The number of ether oxygens (including phenoxy) is 1. The summed E-state index contributed by atoms with van der Waals surface area (Å²) in [6.07, 6.45) is -1.63. The van der Waals surface area contributed by atoms with Crippen molar-refractivity contribution in [2.75, 3.05) is 31.6 Å². The third-order valence-corrected chi connectivity index (χ3v) is 10.3. The molecule has 1 saturated carbocycles. The highest BCUT2D eigenvalue weighted by atomic mass is 32.2. The van der Waals surface area contributed by atoms with E-state index in [2.05, 4.69) is 15.2 Å². The number of aliphatic hydroxyl groups is 1. The first-order valence-electron chi connectivity index (χ1n) is 15.2. The first kappa shape index (κ1) is 32.8. The van der Waals surface area contributed by atoms with Crippen LogP contribution in [0.3, 0.4) is 0 Å². The molecule has 2 unspecified atom stereocenters. The van der Waals surface area contributed by atoms with Gasteiger partial charge in [-0.15, -0.1) is 10.2 Å². The summed E-state index contributed by atoms with van der Waals surface area (Å²) in [4.78, 5) is 19.1. The summed E-state index contributed by atoms with van der Waals surface area (Å²) in [7, 11) is 0.255. The standard InChI is InChI=1S/C32H35F3N6O5S/c1-19-5-6-21(24(16-27(43)44)23-9-13-41-28(20(23)2)37-38-30(41)32(33,34)35)15-22(19)17-40-18-31(10-11-31)46-29-25(47(40)45)7-8-26(36-29)39(3)12-4-14-42/h5-9,13,15,24,42H,4,10-12,14,16-18H2,1-3H3,(H,43,44). The Balaban J connectivity index is 1.33. The summed E-state index contributed by atoms with van der Waals surface area (Å²) >= 11 is 0. The molecule has 2 aliphatic rings. The summed E-state index contributed by atoms with van der Waals surface area (Å²) in [5, 5.41) is 26.2. The number of anilines is 1. The van der Waals surface area contributed by atoms with E-state index in [1.807, 2.05) is 41.4 Å². The summed E-state index contributed by atoms with van der Waals surface area (Å²) in [5.41, 5.74) is 2.81. The number of nitrogens with zero attached hydrogens (tertiary/aromatic N) is 6. The molecule has 6 rings (SSSR count).